The molecule has 1 unspecified atom stereocenters. The van der Waals surface area contributed by atoms with E-state index in [0.717, 1.165) is 5.33 Å². The van der Waals surface area contributed by atoms with Crippen LogP contribution in [0.25, 0.3) is 0 Å². The van der Waals surface area contributed by atoms with Crippen LogP contribution in [-0.4, -0.2) is 22.8 Å². The average Bonchev–Trinajstić information content (AvgIpc) is 2.60. The molecule has 4 nitrogen and oxygen atoms in total. The summed E-state index contributed by atoms with van der Waals surface area (Å²) in [5.41, 5.74) is 6.51. The fourth-order valence-corrected chi connectivity index (χ4v) is 2.55. The first-order valence-corrected chi connectivity index (χ1v) is 6.81. The first-order chi connectivity index (χ1) is 7.61. The van der Waals surface area contributed by atoms with Gasteiger partial charge in [0.25, 0.3) is 0 Å². The molecule has 2 heterocycles. The summed E-state index contributed by atoms with van der Waals surface area (Å²) >= 11 is 6.64. The Balaban J connectivity index is 2.28. The first-order valence-electron chi connectivity index (χ1n) is 4.90. The van der Waals surface area contributed by atoms with Crippen molar-refractivity contribution in [2.45, 2.75) is 6.42 Å². The van der Waals surface area contributed by atoms with E-state index in [2.05, 4.69) is 36.8 Å². The van der Waals surface area contributed by atoms with Crippen LogP contribution < -0.4 is 10.6 Å². The minimum absolute atomic E-state index is 0.111. The molecule has 16 heavy (non-hydrogen) atoms. The summed E-state index contributed by atoms with van der Waals surface area (Å²) in [6.07, 6.45) is 0.570. The third kappa shape index (κ3) is 2.22. The van der Waals surface area contributed by atoms with Crippen molar-refractivity contribution >= 4 is 49.3 Å². The molecule has 1 aromatic heterocycles. The van der Waals surface area contributed by atoms with Gasteiger partial charge >= 0.3 is 0 Å². The van der Waals surface area contributed by atoms with Crippen LogP contribution in [-0.2, 0) is 4.79 Å². The number of pyridine rings is 1. The van der Waals surface area contributed by atoms with E-state index in [0.29, 0.717) is 35.0 Å². The number of nitrogen functional groups attached to an aromatic ring is 1. The summed E-state index contributed by atoms with van der Waals surface area (Å²) in [6, 6.07) is 3.61. The van der Waals surface area contributed by atoms with Crippen molar-refractivity contribution in [2.75, 3.05) is 22.5 Å². The highest BCUT2D eigenvalue weighted by Gasteiger charge is 2.31. The van der Waals surface area contributed by atoms with E-state index >= 15 is 0 Å². The molecule has 1 fully saturated rings. The van der Waals surface area contributed by atoms with Gasteiger partial charge < -0.3 is 10.6 Å². The highest BCUT2D eigenvalue weighted by atomic mass is 79.9. The lowest BCUT2D eigenvalue weighted by atomic mass is 10.2. The molecule has 0 bridgehead atoms. The number of hydrogen-bond acceptors (Lipinski definition) is 3. The highest BCUT2D eigenvalue weighted by Crippen LogP contribution is 2.30. The molecule has 6 heteroatoms. The molecular formula is C10H11Br2N3O. The first kappa shape index (κ1) is 11.9. The smallest absolute Gasteiger partial charge is 0.227 e. The molecule has 1 aliphatic heterocycles. The summed E-state index contributed by atoms with van der Waals surface area (Å²) in [5.74, 6) is 0.855. The van der Waals surface area contributed by atoms with E-state index < -0.39 is 0 Å². The lowest BCUT2D eigenvalue weighted by Gasteiger charge is -2.17. The van der Waals surface area contributed by atoms with Crippen molar-refractivity contribution in [3.63, 3.8) is 0 Å². The van der Waals surface area contributed by atoms with Crippen molar-refractivity contribution in [3.8, 4) is 0 Å². The van der Waals surface area contributed by atoms with Crippen LogP contribution in [0.4, 0.5) is 11.5 Å². The Morgan fingerprint density at radius 1 is 1.56 bits per heavy atom. The average molecular weight is 349 g/mol. The van der Waals surface area contributed by atoms with Crippen molar-refractivity contribution in [1.29, 1.82) is 0 Å². The molecule has 2 N–H and O–H groups in total. The summed E-state index contributed by atoms with van der Waals surface area (Å²) < 4.78 is 0.678. The number of rotatable bonds is 2. The Morgan fingerprint density at radius 3 is 2.88 bits per heavy atom. The number of carbonyl (C=O) groups is 1. The number of hydrogen-bond donors (Lipinski definition) is 1. The fraction of sp³-hybridized carbons (Fsp3) is 0.400. The van der Waals surface area contributed by atoms with Gasteiger partial charge in [0, 0.05) is 18.3 Å². The number of amides is 1. The molecule has 1 aliphatic rings. The molecular weight excluding hydrogens is 338 g/mol. The van der Waals surface area contributed by atoms with Gasteiger partial charge in [0.15, 0.2) is 0 Å². The summed E-state index contributed by atoms with van der Waals surface area (Å²) in [4.78, 5) is 17.6. The second-order valence-corrected chi connectivity index (χ2v) is 5.23. The topological polar surface area (TPSA) is 59.2 Å². The van der Waals surface area contributed by atoms with Crippen molar-refractivity contribution < 1.29 is 4.79 Å². The molecule has 1 atom stereocenters. The van der Waals surface area contributed by atoms with Crippen LogP contribution in [0.1, 0.15) is 6.42 Å². The Labute approximate surface area is 110 Å². The second kappa shape index (κ2) is 4.71. The Hall–Kier alpha value is -0.620. The standard InChI is InChI=1S/C10H11Br2N3O/c11-4-6-3-9(16)15(5-6)7-1-2-8(12)14-10(7)13/h1-2,6H,3-5H2,(H2,13,14). The predicted molar refractivity (Wildman–Crippen MR) is 70.6 cm³/mol. The number of alkyl halides is 1. The largest absolute Gasteiger partial charge is 0.382 e. The minimum atomic E-state index is 0.111. The van der Waals surface area contributed by atoms with Crippen LogP contribution in [0.3, 0.4) is 0 Å². The van der Waals surface area contributed by atoms with Gasteiger partial charge in [-0.2, -0.15) is 0 Å². The van der Waals surface area contributed by atoms with E-state index in [1.54, 1.807) is 11.0 Å². The van der Waals surface area contributed by atoms with Gasteiger partial charge in [-0.1, -0.05) is 15.9 Å². The molecule has 1 amide bonds. The predicted octanol–water partition coefficient (Wildman–Crippen LogP) is 2.17. The molecule has 0 radical (unpaired) electrons. The Bertz CT molecular complexity index is 425. The quantitative estimate of drug-likeness (QED) is 0.658. The lowest BCUT2D eigenvalue weighted by Crippen LogP contribution is -2.25. The number of halogens is 2. The van der Waals surface area contributed by atoms with E-state index in [1.165, 1.54) is 0 Å². The van der Waals surface area contributed by atoms with Gasteiger partial charge in [-0.15, -0.1) is 0 Å². The fourth-order valence-electron chi connectivity index (χ4n) is 1.79. The molecule has 0 saturated carbocycles. The number of nitrogens with zero attached hydrogens (tertiary/aromatic N) is 2. The molecule has 2 rings (SSSR count). The van der Waals surface area contributed by atoms with Crippen LogP contribution in [0.15, 0.2) is 16.7 Å². The second-order valence-electron chi connectivity index (χ2n) is 3.77. The van der Waals surface area contributed by atoms with Crippen LogP contribution in [0.5, 0.6) is 0 Å². The number of nitrogens with two attached hydrogens (primary N) is 1. The maximum atomic E-state index is 11.8. The van der Waals surface area contributed by atoms with E-state index in [-0.39, 0.29) is 5.91 Å². The van der Waals surface area contributed by atoms with Gasteiger partial charge in [-0.05, 0) is 34.0 Å². The maximum absolute atomic E-state index is 11.8. The zero-order chi connectivity index (χ0) is 11.7. The highest BCUT2D eigenvalue weighted by molar-refractivity contribution is 9.10. The third-order valence-corrected chi connectivity index (χ3v) is 3.94. The SMILES string of the molecule is Nc1nc(Br)ccc1N1CC(CBr)CC1=O. The summed E-state index contributed by atoms with van der Waals surface area (Å²) in [6.45, 7) is 0.706. The van der Waals surface area contributed by atoms with Gasteiger partial charge in [0.1, 0.15) is 10.4 Å². The van der Waals surface area contributed by atoms with Gasteiger partial charge in [0.05, 0.1) is 5.69 Å². The summed E-state index contributed by atoms with van der Waals surface area (Å²) in [5, 5.41) is 0.832. The van der Waals surface area contributed by atoms with E-state index in [4.69, 9.17) is 5.73 Å². The number of anilines is 2. The van der Waals surface area contributed by atoms with Crippen molar-refractivity contribution in [2.24, 2.45) is 5.92 Å². The van der Waals surface area contributed by atoms with Crippen LogP contribution in [0.2, 0.25) is 0 Å². The number of aromatic nitrogens is 1. The zero-order valence-electron chi connectivity index (χ0n) is 8.49. The monoisotopic (exact) mass is 347 g/mol. The number of carbonyl (C=O) groups excluding carboxylic acids is 1. The Kier molecular flexibility index (Phi) is 3.49. The van der Waals surface area contributed by atoms with Crippen LogP contribution >= 0.6 is 31.9 Å². The van der Waals surface area contributed by atoms with Gasteiger partial charge in [0.2, 0.25) is 5.91 Å². The van der Waals surface area contributed by atoms with Crippen molar-refractivity contribution in [3.05, 3.63) is 16.7 Å². The minimum Gasteiger partial charge on any atom is -0.382 e. The molecule has 0 aromatic carbocycles. The Morgan fingerprint density at radius 2 is 2.31 bits per heavy atom. The molecule has 1 aromatic rings. The zero-order valence-corrected chi connectivity index (χ0v) is 11.7. The van der Waals surface area contributed by atoms with Crippen molar-refractivity contribution in [1.82, 2.24) is 4.98 Å². The normalized spacial score (nSPS) is 20.5. The summed E-state index contributed by atoms with van der Waals surface area (Å²) in [7, 11) is 0. The van der Waals surface area contributed by atoms with E-state index in [9.17, 15) is 4.79 Å². The van der Waals surface area contributed by atoms with Gasteiger partial charge in [-0.25, -0.2) is 4.98 Å². The lowest BCUT2D eigenvalue weighted by molar-refractivity contribution is -0.117. The third-order valence-electron chi connectivity index (χ3n) is 2.58. The molecule has 0 aliphatic carbocycles. The van der Waals surface area contributed by atoms with Crippen LogP contribution in [0, 0.1) is 5.92 Å². The maximum Gasteiger partial charge on any atom is 0.227 e. The molecule has 86 valence electrons. The van der Waals surface area contributed by atoms with Gasteiger partial charge in [-0.3, -0.25) is 4.79 Å². The molecule has 0 spiro atoms. The molecule has 1 saturated heterocycles. The van der Waals surface area contributed by atoms with E-state index in [1.807, 2.05) is 6.07 Å².